The van der Waals surface area contributed by atoms with E-state index in [4.69, 9.17) is 10.2 Å². The van der Waals surface area contributed by atoms with Gasteiger partial charge in [0.1, 0.15) is 30.2 Å². The number of benzene rings is 1. The van der Waals surface area contributed by atoms with Crippen molar-refractivity contribution in [1.29, 1.82) is 0 Å². The zero-order valence-electron chi connectivity index (χ0n) is 10.8. The van der Waals surface area contributed by atoms with Gasteiger partial charge in [0, 0.05) is 0 Å². The molecule has 0 saturated heterocycles. The van der Waals surface area contributed by atoms with Crippen LogP contribution < -0.4 is 0 Å². The highest BCUT2D eigenvalue weighted by Crippen LogP contribution is 2.16. The van der Waals surface area contributed by atoms with E-state index in [0.29, 0.717) is 0 Å². The Labute approximate surface area is 118 Å². The van der Waals surface area contributed by atoms with Crippen molar-refractivity contribution in [3.8, 4) is 0 Å². The van der Waals surface area contributed by atoms with Gasteiger partial charge < -0.3 is 30.6 Å². The second kappa shape index (κ2) is 7.43. The van der Waals surface area contributed by atoms with Gasteiger partial charge in [0.15, 0.2) is 11.6 Å². The first-order valence-electron chi connectivity index (χ1n) is 5.96. The topological polar surface area (TPSA) is 121 Å². The molecule has 0 amide bonds. The maximum atomic E-state index is 13.0. The lowest BCUT2D eigenvalue weighted by molar-refractivity contribution is -0.112. The van der Waals surface area contributed by atoms with Crippen molar-refractivity contribution in [2.24, 2.45) is 0 Å². The minimum absolute atomic E-state index is 0.00912. The Kier molecular flexibility index (Phi) is 6.19. The van der Waals surface area contributed by atoms with E-state index in [9.17, 15) is 29.2 Å². The first-order valence-corrected chi connectivity index (χ1v) is 5.96. The number of aliphatic hydroxyl groups excluding tert-OH is 6. The van der Waals surface area contributed by atoms with Gasteiger partial charge in [-0.3, -0.25) is 0 Å². The van der Waals surface area contributed by atoms with Crippen LogP contribution in [0.5, 0.6) is 0 Å². The Balaban J connectivity index is 2.87. The van der Waals surface area contributed by atoms with Gasteiger partial charge in [-0.05, 0) is 23.8 Å². The summed E-state index contributed by atoms with van der Waals surface area (Å²) in [7, 11) is 0. The van der Waals surface area contributed by atoms with Crippen molar-refractivity contribution in [2.45, 2.75) is 24.4 Å². The molecule has 0 radical (unpaired) electrons. The van der Waals surface area contributed by atoms with Crippen molar-refractivity contribution >= 4 is 6.08 Å². The summed E-state index contributed by atoms with van der Waals surface area (Å²) in [5, 5.41) is 55.8. The first kappa shape index (κ1) is 17.5. The zero-order chi connectivity index (χ0) is 16.2. The van der Waals surface area contributed by atoms with Crippen LogP contribution in [0.1, 0.15) is 5.56 Å². The molecule has 0 fully saturated rings. The van der Waals surface area contributed by atoms with E-state index in [0.717, 1.165) is 24.3 Å². The molecule has 0 aliphatic heterocycles. The minimum Gasteiger partial charge on any atom is -0.509 e. The third-order valence-electron chi connectivity index (χ3n) is 2.82. The summed E-state index contributed by atoms with van der Waals surface area (Å²) < 4.78 is 25.7. The molecule has 6 nitrogen and oxygen atoms in total. The number of aliphatic hydroxyl groups is 6. The number of hydrogen-bond donors (Lipinski definition) is 6. The molecule has 6 N–H and O–H groups in total. The van der Waals surface area contributed by atoms with E-state index < -0.39 is 48.4 Å². The Morgan fingerprint density at radius 2 is 1.67 bits per heavy atom. The van der Waals surface area contributed by atoms with Crippen LogP contribution in [0, 0.1) is 11.6 Å². The average molecular weight is 306 g/mol. The molecule has 1 aromatic carbocycles. The highest BCUT2D eigenvalue weighted by molar-refractivity contribution is 5.52. The molecular weight excluding hydrogens is 290 g/mol. The molecule has 0 spiro atoms. The molecule has 21 heavy (non-hydrogen) atoms. The Morgan fingerprint density at radius 3 is 2.19 bits per heavy atom. The quantitative estimate of drug-likeness (QED) is 0.387. The fourth-order valence-corrected chi connectivity index (χ4v) is 1.56. The van der Waals surface area contributed by atoms with Gasteiger partial charge in [0.25, 0.3) is 0 Å². The van der Waals surface area contributed by atoms with Crippen molar-refractivity contribution in [2.75, 3.05) is 6.61 Å². The summed E-state index contributed by atoms with van der Waals surface area (Å²) >= 11 is 0. The maximum Gasteiger partial charge on any atom is 0.159 e. The average Bonchev–Trinajstić information content (AvgIpc) is 2.47. The molecule has 0 aliphatic carbocycles. The van der Waals surface area contributed by atoms with Gasteiger partial charge in [0.2, 0.25) is 0 Å². The molecule has 0 saturated carbocycles. The third kappa shape index (κ3) is 4.45. The highest BCUT2D eigenvalue weighted by Gasteiger charge is 2.32. The number of halogens is 2. The van der Waals surface area contributed by atoms with Gasteiger partial charge >= 0.3 is 0 Å². The number of rotatable bonds is 6. The second-order valence-electron chi connectivity index (χ2n) is 4.42. The predicted molar refractivity (Wildman–Crippen MR) is 68.1 cm³/mol. The maximum absolute atomic E-state index is 13.0. The van der Waals surface area contributed by atoms with Crippen LogP contribution in [0.3, 0.4) is 0 Å². The van der Waals surface area contributed by atoms with Gasteiger partial charge in [-0.25, -0.2) is 8.78 Å². The van der Waals surface area contributed by atoms with E-state index in [1.807, 2.05) is 0 Å². The van der Waals surface area contributed by atoms with Crippen LogP contribution >= 0.6 is 0 Å². The Hall–Kier alpha value is -1.58. The molecule has 4 atom stereocenters. The van der Waals surface area contributed by atoms with Crippen molar-refractivity contribution in [1.82, 2.24) is 0 Å². The highest BCUT2D eigenvalue weighted by atomic mass is 19.2. The van der Waals surface area contributed by atoms with Gasteiger partial charge in [0.05, 0.1) is 6.61 Å². The van der Waals surface area contributed by atoms with Gasteiger partial charge in [-0.2, -0.15) is 0 Å². The molecule has 0 bridgehead atoms. The van der Waals surface area contributed by atoms with Crippen molar-refractivity contribution in [3.63, 3.8) is 0 Å². The molecule has 1 aromatic rings. The smallest absolute Gasteiger partial charge is 0.159 e. The molecule has 0 aromatic heterocycles. The summed E-state index contributed by atoms with van der Waals surface area (Å²) in [6.45, 7) is -0.863. The molecule has 118 valence electrons. The van der Waals surface area contributed by atoms with E-state index in [1.165, 1.54) is 0 Å². The molecule has 0 heterocycles. The second-order valence-corrected chi connectivity index (χ2v) is 4.42. The van der Waals surface area contributed by atoms with Gasteiger partial charge in [-0.1, -0.05) is 6.07 Å². The van der Waals surface area contributed by atoms with Crippen LogP contribution in [0.4, 0.5) is 8.78 Å². The third-order valence-corrected chi connectivity index (χ3v) is 2.82. The Bertz CT molecular complexity index is 507. The summed E-state index contributed by atoms with van der Waals surface area (Å²) in [6.07, 6.45) is -6.76. The lowest BCUT2D eigenvalue weighted by Gasteiger charge is -2.25. The van der Waals surface area contributed by atoms with E-state index in [1.54, 1.807) is 0 Å². The van der Waals surface area contributed by atoms with E-state index >= 15 is 0 Å². The monoisotopic (exact) mass is 306 g/mol. The van der Waals surface area contributed by atoms with Crippen LogP contribution in [0.25, 0.3) is 6.08 Å². The molecular formula is C13H16F2O6. The van der Waals surface area contributed by atoms with Crippen LogP contribution in [-0.2, 0) is 0 Å². The van der Waals surface area contributed by atoms with E-state index in [2.05, 4.69) is 0 Å². The Morgan fingerprint density at radius 1 is 1.05 bits per heavy atom. The standard InChI is InChI=1S/C13H16F2O6/c14-7-2-1-6(3-8(7)15)4-9(17)11(19)13(21)12(20)10(18)5-16/h1-4,10-13,16-21H,5H2. The van der Waals surface area contributed by atoms with E-state index in [-0.39, 0.29) is 5.56 Å². The summed E-state index contributed by atoms with van der Waals surface area (Å²) in [5.41, 5.74) is 0.00912. The zero-order valence-corrected chi connectivity index (χ0v) is 10.8. The SMILES string of the molecule is OCC(O)C(O)C(O)C(O)C(O)=Cc1ccc(F)c(F)c1. The first-order chi connectivity index (χ1) is 9.77. The normalized spacial score (nSPS) is 18.1. The fraction of sp³-hybridized carbons (Fsp3) is 0.385. The van der Waals surface area contributed by atoms with Crippen LogP contribution in [0.2, 0.25) is 0 Å². The molecule has 0 aliphatic rings. The van der Waals surface area contributed by atoms with Crippen LogP contribution in [0.15, 0.2) is 24.0 Å². The lowest BCUT2D eigenvalue weighted by atomic mass is 10.0. The molecule has 8 heteroatoms. The number of hydrogen-bond acceptors (Lipinski definition) is 6. The summed E-state index contributed by atoms with van der Waals surface area (Å²) in [4.78, 5) is 0. The van der Waals surface area contributed by atoms with Crippen molar-refractivity contribution < 1.29 is 39.4 Å². The fourth-order valence-electron chi connectivity index (χ4n) is 1.56. The van der Waals surface area contributed by atoms with Gasteiger partial charge in [-0.15, -0.1) is 0 Å². The van der Waals surface area contributed by atoms with Crippen LogP contribution in [-0.4, -0.2) is 61.7 Å². The predicted octanol–water partition coefficient (Wildman–Crippen LogP) is -0.700. The lowest BCUT2D eigenvalue weighted by Crippen LogP contribution is -2.46. The minimum atomic E-state index is -1.99. The molecule has 4 unspecified atom stereocenters. The van der Waals surface area contributed by atoms with Crippen molar-refractivity contribution in [3.05, 3.63) is 41.2 Å². The molecule has 1 rings (SSSR count). The summed E-state index contributed by atoms with van der Waals surface area (Å²) in [6, 6.07) is 2.68. The largest absolute Gasteiger partial charge is 0.509 e. The summed E-state index contributed by atoms with van der Waals surface area (Å²) in [5.74, 6) is -3.09.